The van der Waals surface area contributed by atoms with Crippen molar-refractivity contribution in [3.05, 3.63) is 204 Å². The Morgan fingerprint density at radius 3 is 1.32 bits per heavy atom. The summed E-state index contributed by atoms with van der Waals surface area (Å²) in [7, 11) is -13.7. The molecule has 148 heavy (non-hydrogen) atoms. The van der Waals surface area contributed by atoms with Gasteiger partial charge in [0.2, 0.25) is 47.3 Å². The van der Waals surface area contributed by atoms with Crippen LogP contribution < -0.4 is 32.3 Å². The number of amides is 8. The highest BCUT2D eigenvalue weighted by atomic mass is 32.7. The van der Waals surface area contributed by atoms with E-state index in [0.29, 0.717) is 79.9 Å². The van der Waals surface area contributed by atoms with Crippen LogP contribution in [0.5, 0.6) is 0 Å². The number of Topliss-reactive ketones (excluding diaryl/α,β-unsaturated/α-hetero) is 4. The van der Waals surface area contributed by atoms with Crippen LogP contribution in [-0.4, -0.2) is 226 Å². The van der Waals surface area contributed by atoms with Crippen LogP contribution in [0.4, 0.5) is 0 Å². The number of rotatable bonds is 55. The molecule has 16 atom stereocenters. The number of esters is 1. The summed E-state index contributed by atoms with van der Waals surface area (Å²) in [5, 5.41) is 23.8. The standard InChI is InChI=1S/C52H67N6O12P3.C31H49N6O12P3.C17H16O2.P2S2/c1-35(2)27-44(55-51(64)46-25-18-26-58(46)37(4)59)47(60)29-38(28-42-31-57(6)34-54-42)49(62)56-45(48(61)30-43(50(63)53-5)36(3)33-73(67,69-71(7)65)70-72(8)66)32-68-52(39-19-12-9-13-20-39,40-21-14-10-15-22-40)41-23-16-11-17-24-41;1-18(2)10-24(35-31(44)26-8-7-9-37(26)20(4)39)27(40)12-21(11-22-14-33-17-34-22)30(43)36-25(15-38)28(41)13-23(29(32)42)19(3)16-52(47,48-50(5)45)49-51(6)46;1-2-17(18)19-11-16-14-9-5-3-7-12(14)13-8-4-6-10-15(13)16;3-1-2-4/h9-17,19-24,31,34-36,38,43-46H,18,25-30,32-33H2,1-8H3,(H-2,53,55,56,62,63,64);14,17-19,21,23-26,38H,7-13,15-16H2,1-6H3,(H3-2,32,33,34,35,36,42,43,44);3-10,16H,2,11H2,1H3;/p+4/t36-,38+,43-,44-,45-,46-;19-,21+,23-,24-,25-,26-;;/m00../s1. The van der Waals surface area contributed by atoms with Crippen LogP contribution in [0.25, 0.3) is 11.1 Å². The molecule has 2 saturated heterocycles. The fourth-order valence-corrected chi connectivity index (χ4v) is 27.6. The van der Waals surface area contributed by atoms with Gasteiger partial charge in [0.15, 0.2) is 49.8 Å². The Bertz CT molecular complexity index is 5710. The molecule has 2 aliphatic heterocycles. The van der Waals surface area contributed by atoms with Gasteiger partial charge >= 0.3 is 53.3 Å². The highest BCUT2D eigenvalue weighted by molar-refractivity contribution is 8.40. The molecule has 48 heteroatoms. The molecule has 9 N–H and O–H groups in total. The zero-order valence-electron chi connectivity index (χ0n) is 85.8. The van der Waals surface area contributed by atoms with Crippen molar-refractivity contribution < 1.29 is 122 Å². The number of benzene rings is 5. The maximum Gasteiger partial charge on any atom is 0.513 e. The zero-order chi connectivity index (χ0) is 109. The first-order chi connectivity index (χ1) is 70.1. The Morgan fingerprint density at radius 2 is 0.953 bits per heavy atom. The largest absolute Gasteiger partial charge is 0.513 e. The second-order valence-electron chi connectivity index (χ2n) is 37.4. The van der Waals surface area contributed by atoms with E-state index in [0.717, 1.165) is 40.7 Å². The third kappa shape index (κ3) is 38.5. The smallest absolute Gasteiger partial charge is 0.465 e. The molecule has 0 bridgehead atoms. The summed E-state index contributed by atoms with van der Waals surface area (Å²) >= 11 is 8.82. The Labute approximate surface area is 880 Å². The number of hydrogen-bond donors (Lipinski definition) is 8. The number of likely N-dealkylation sites (tertiary alicyclic amines) is 2. The van der Waals surface area contributed by atoms with Crippen molar-refractivity contribution in [2.75, 3.05) is 78.9 Å². The number of aliphatic hydroxyl groups excluding tert-OH is 1. The van der Waals surface area contributed by atoms with Gasteiger partial charge in [-0.1, -0.05) is 205 Å². The van der Waals surface area contributed by atoms with Gasteiger partial charge in [-0.3, -0.25) is 71.5 Å². The summed E-state index contributed by atoms with van der Waals surface area (Å²) in [5.74, 6) is -13.7. The Hall–Kier alpha value is -9.91. The van der Waals surface area contributed by atoms with E-state index in [1.807, 2.05) is 138 Å². The lowest BCUT2D eigenvalue weighted by Gasteiger charge is -2.37. The molecule has 1 aliphatic carbocycles. The second-order valence-corrected chi connectivity index (χ2v) is 50.9. The van der Waals surface area contributed by atoms with Crippen LogP contribution >= 0.6 is 61.4 Å². The van der Waals surface area contributed by atoms with Crippen molar-refractivity contribution in [1.82, 2.24) is 55.9 Å². The molecule has 2 aromatic heterocycles. The fourth-order valence-electron chi connectivity index (χ4n) is 18.2. The SMILES string of the molecule is CC(=O)N1CCC[C@H]1C(=O)N[C@@H](CC(C)C)C(=O)C[C@@H](Cc1cnc[nH]1)C(=O)N[C@@H](CO)C(=O)C[C@H](C(N)=O)[C@@H](C)CP(=O)(O[P+](C)=O)O[P+](C)=O.CCC(=O)OCC1c2ccccc2-c2ccccc21.CNC(=O)[C@@H](CC(=O)[C@H](COC(c1ccccc1)(c1ccccc1)c1ccccc1)NC(=O)[C@@H](CC(=O)[C@H](CC(C)C)NC(=O)[C@@H]1CCCN1C(C)=O)Cc1cn(C)cn1)[C@@H](C)CP(=O)(O[P+](C)=O)O[P+](C)=O.S=PP=S. The molecule has 5 aromatic carbocycles. The van der Waals surface area contributed by atoms with Gasteiger partial charge in [0, 0.05) is 136 Å². The monoisotopic (exact) mass is 2230 g/mol. The van der Waals surface area contributed by atoms with Crippen molar-refractivity contribution >= 4 is 161 Å². The highest BCUT2D eigenvalue weighted by Gasteiger charge is 2.50. The third-order valence-electron chi connectivity index (χ3n) is 25.1. The molecule has 10 rings (SSSR count). The van der Waals surface area contributed by atoms with E-state index in [1.54, 1.807) is 24.1 Å². The van der Waals surface area contributed by atoms with Crippen LogP contribution in [0.1, 0.15) is 178 Å². The number of nitrogens with zero attached hydrogens (tertiary/aromatic N) is 5. The number of ether oxygens (including phenoxy) is 2. The van der Waals surface area contributed by atoms with Gasteiger partial charge in [-0.2, -0.15) is 0 Å². The summed E-state index contributed by atoms with van der Waals surface area (Å²) < 4.78 is 109. The van der Waals surface area contributed by atoms with Gasteiger partial charge in [-0.05, 0) is 143 Å². The average Bonchev–Trinajstić information content (AvgIpc) is 0.881. The molecular weight excluding hydrogens is 2100 g/mol. The van der Waals surface area contributed by atoms with Crippen LogP contribution in [0, 0.1) is 47.3 Å². The molecule has 3 aliphatic rings. The molecule has 38 nitrogen and oxygen atoms in total. The Balaban J connectivity index is 0.000000339. The van der Waals surface area contributed by atoms with E-state index in [4.69, 9.17) is 32.4 Å². The quantitative estimate of drug-likeness (QED) is 0.00997. The van der Waals surface area contributed by atoms with Gasteiger partial charge in [-0.25, -0.2) is 9.97 Å². The number of primary amides is 1. The molecule has 2 fully saturated rings. The van der Waals surface area contributed by atoms with Gasteiger partial charge < -0.3 is 66.2 Å². The lowest BCUT2D eigenvalue weighted by Crippen LogP contribution is -2.52. The number of aromatic nitrogens is 4. The molecule has 0 radical (unpaired) electrons. The number of aliphatic hydroxyl groups is 1. The first-order valence-corrected chi connectivity index (χ1v) is 62.9. The van der Waals surface area contributed by atoms with E-state index < -0.39 is 222 Å². The number of hydrogen-bond acceptors (Lipinski definition) is 30. The second kappa shape index (κ2) is 61.6. The predicted molar refractivity (Wildman–Crippen MR) is 570 cm³/mol. The normalized spacial score (nSPS) is 17.0. The summed E-state index contributed by atoms with van der Waals surface area (Å²) in [6.07, 6.45) is 6.11. The topological polar surface area (TPSA) is 539 Å². The van der Waals surface area contributed by atoms with Crippen LogP contribution in [0.15, 0.2) is 165 Å². The van der Waals surface area contributed by atoms with E-state index in [1.165, 1.54) is 79.3 Å². The van der Waals surface area contributed by atoms with Crippen molar-refractivity contribution in [3.8, 4) is 11.1 Å². The van der Waals surface area contributed by atoms with Crippen molar-refractivity contribution in [1.29, 1.82) is 0 Å². The number of carbonyl (C=O) groups is 13. The number of aryl methyl sites for hydroxylation is 1. The summed E-state index contributed by atoms with van der Waals surface area (Å²) in [5.41, 5.74) is 12.3. The highest BCUT2D eigenvalue weighted by Crippen LogP contribution is 2.62. The van der Waals surface area contributed by atoms with E-state index in [2.05, 4.69) is 102 Å². The number of fused-ring (bicyclic) bond motifs is 3. The molecule has 7 aromatic rings. The predicted octanol–water partition coefficient (Wildman–Crippen LogP) is 15.2. The maximum atomic E-state index is 15.2. The molecule has 4 unspecified atom stereocenters. The summed E-state index contributed by atoms with van der Waals surface area (Å²) in [6.45, 7) is 19.5. The maximum absolute atomic E-state index is 15.2. The van der Waals surface area contributed by atoms with Crippen LogP contribution in [0.3, 0.4) is 0 Å². The minimum absolute atomic E-state index is 0.0252. The van der Waals surface area contributed by atoms with Gasteiger partial charge in [-0.15, -0.1) is 0 Å². The van der Waals surface area contributed by atoms with E-state index in [-0.39, 0.29) is 74.1 Å². The molecular formula is C100H136N12O26P8S2+4. The minimum atomic E-state index is -4.35. The van der Waals surface area contributed by atoms with Crippen molar-refractivity contribution in [3.63, 3.8) is 0 Å². The third-order valence-corrected chi connectivity index (χ3v) is 37.4. The number of nitrogens with two attached hydrogens (primary N) is 1. The van der Waals surface area contributed by atoms with E-state index in [9.17, 15) is 85.2 Å². The lowest BCUT2D eigenvalue weighted by atomic mass is 9.80. The number of ketones is 4. The molecule has 800 valence electrons. The number of imidazole rings is 2. The first kappa shape index (κ1) is 125. The molecule has 4 heterocycles. The molecule has 8 amide bonds. The van der Waals surface area contributed by atoms with Crippen LogP contribution in [-0.2, 0) is 166 Å². The Morgan fingerprint density at radius 1 is 0.554 bits per heavy atom. The van der Waals surface area contributed by atoms with Crippen molar-refractivity contribution in [2.24, 2.45) is 60.1 Å². The number of H-pyrrole nitrogens is 1. The first-order valence-electron chi connectivity index (χ1n) is 48.5. The summed E-state index contributed by atoms with van der Waals surface area (Å²) in [4.78, 5) is 189. The van der Waals surface area contributed by atoms with Gasteiger partial charge in [0.25, 0.3) is 0 Å². The summed E-state index contributed by atoms with van der Waals surface area (Å²) in [6, 6.07) is 38.3. The van der Waals surface area contributed by atoms with Gasteiger partial charge in [0.1, 0.15) is 36.4 Å². The van der Waals surface area contributed by atoms with Gasteiger partial charge in [0.05, 0.1) is 67.8 Å². The minimum Gasteiger partial charge on any atom is -0.465 e. The molecule has 0 saturated carbocycles. The average molecular weight is 2230 g/mol. The van der Waals surface area contributed by atoms with E-state index >= 15 is 9.59 Å². The lowest BCUT2D eigenvalue weighted by molar-refractivity contribution is -0.143. The Kier molecular flexibility index (Phi) is 52.0. The number of aromatic amines is 1. The van der Waals surface area contributed by atoms with Crippen LogP contribution in [0.2, 0.25) is 0 Å². The fraction of sp³-hybridized carbons (Fsp3) is 0.510. The molecule has 0 spiro atoms. The number of nitrogens with one attached hydrogen (secondary N) is 6. The zero-order valence-corrected chi connectivity index (χ0v) is 94.5. The van der Waals surface area contributed by atoms with Crippen molar-refractivity contribution in [2.45, 2.75) is 194 Å². The number of carbonyl (C=O) groups excluding carboxylic acids is 13.